The summed E-state index contributed by atoms with van der Waals surface area (Å²) in [6.45, 7) is 1.88. The highest BCUT2D eigenvalue weighted by Gasteiger charge is 2.28. The molecular formula is C14H18FNO4S. The summed E-state index contributed by atoms with van der Waals surface area (Å²) >= 11 is 0. The first-order valence-electron chi connectivity index (χ1n) is 6.76. The van der Waals surface area contributed by atoms with Crippen molar-refractivity contribution < 1.29 is 22.3 Å². The fraction of sp³-hybridized carbons (Fsp3) is 0.500. The molecule has 1 heterocycles. The van der Waals surface area contributed by atoms with Gasteiger partial charge < -0.3 is 10.1 Å². The number of nitrogens with one attached hydrogen (secondary N) is 1. The van der Waals surface area contributed by atoms with Gasteiger partial charge in [0.1, 0.15) is 11.6 Å². The van der Waals surface area contributed by atoms with Crippen LogP contribution >= 0.6 is 0 Å². The second-order valence-corrected chi connectivity index (χ2v) is 7.46. The van der Waals surface area contributed by atoms with E-state index in [1.165, 1.54) is 18.2 Å². The molecule has 1 aliphatic rings. The van der Waals surface area contributed by atoms with Gasteiger partial charge in [-0.3, -0.25) is 4.79 Å². The molecule has 0 radical (unpaired) electrons. The summed E-state index contributed by atoms with van der Waals surface area (Å²) in [5.41, 5.74) is 0. The quantitative estimate of drug-likeness (QED) is 0.884. The molecule has 1 N–H and O–H groups in total. The van der Waals surface area contributed by atoms with Crippen molar-refractivity contribution in [2.75, 3.05) is 18.1 Å². The molecular weight excluding hydrogens is 297 g/mol. The van der Waals surface area contributed by atoms with Crippen LogP contribution in [0.3, 0.4) is 0 Å². The van der Waals surface area contributed by atoms with E-state index in [-0.39, 0.29) is 29.1 Å². The monoisotopic (exact) mass is 315 g/mol. The van der Waals surface area contributed by atoms with E-state index >= 15 is 0 Å². The highest BCUT2D eigenvalue weighted by Crippen LogP contribution is 2.17. The third kappa shape index (κ3) is 4.70. The summed E-state index contributed by atoms with van der Waals surface area (Å²) in [5, 5.41) is 2.67. The maximum atomic E-state index is 13.0. The van der Waals surface area contributed by atoms with E-state index in [9.17, 15) is 17.6 Å². The predicted octanol–water partition coefficient (Wildman–Crippen LogP) is 1.14. The topological polar surface area (TPSA) is 72.5 Å². The van der Waals surface area contributed by atoms with Gasteiger partial charge in [-0.05, 0) is 31.4 Å². The molecule has 1 aliphatic heterocycles. The highest BCUT2D eigenvalue weighted by molar-refractivity contribution is 7.91. The van der Waals surface area contributed by atoms with Crippen LogP contribution in [0.15, 0.2) is 24.3 Å². The molecule has 1 saturated heterocycles. The lowest BCUT2D eigenvalue weighted by Crippen LogP contribution is -2.39. The van der Waals surface area contributed by atoms with Crippen molar-refractivity contribution >= 4 is 15.7 Å². The van der Waals surface area contributed by atoms with Gasteiger partial charge in [0.2, 0.25) is 0 Å². The Kier molecular flexibility index (Phi) is 4.82. The standard InChI is InChI=1S/C14H18FNO4S/c1-10(20-13-4-2-3-12(15)7-13)14(17)16-8-11-5-6-21(18,19)9-11/h2-4,7,10-11H,5-6,8-9H2,1H3,(H,16,17)/t10-,11-/m1/s1. The molecule has 0 unspecified atom stereocenters. The van der Waals surface area contributed by atoms with Crippen LogP contribution in [-0.4, -0.2) is 38.5 Å². The van der Waals surface area contributed by atoms with Gasteiger partial charge in [0.25, 0.3) is 5.91 Å². The smallest absolute Gasteiger partial charge is 0.260 e. The van der Waals surface area contributed by atoms with Crippen LogP contribution in [0.1, 0.15) is 13.3 Å². The minimum atomic E-state index is -2.94. The van der Waals surface area contributed by atoms with Crippen LogP contribution in [0.4, 0.5) is 4.39 Å². The Bertz CT molecular complexity index is 617. The van der Waals surface area contributed by atoms with Gasteiger partial charge in [0.15, 0.2) is 15.9 Å². The maximum absolute atomic E-state index is 13.0. The van der Waals surface area contributed by atoms with Gasteiger partial charge in [0.05, 0.1) is 11.5 Å². The van der Waals surface area contributed by atoms with Crippen LogP contribution < -0.4 is 10.1 Å². The van der Waals surface area contributed by atoms with Gasteiger partial charge in [-0.2, -0.15) is 0 Å². The number of sulfone groups is 1. The lowest BCUT2D eigenvalue weighted by Gasteiger charge is -2.16. The number of amides is 1. The summed E-state index contributed by atoms with van der Waals surface area (Å²) in [6, 6.07) is 5.56. The van der Waals surface area contributed by atoms with E-state index in [2.05, 4.69) is 5.32 Å². The molecule has 7 heteroatoms. The third-order valence-electron chi connectivity index (χ3n) is 3.37. The van der Waals surface area contributed by atoms with Crippen molar-refractivity contribution in [3.8, 4) is 5.75 Å². The SMILES string of the molecule is C[C@@H](Oc1cccc(F)c1)C(=O)NC[C@H]1CCS(=O)(=O)C1. The van der Waals surface area contributed by atoms with E-state index in [0.29, 0.717) is 13.0 Å². The average molecular weight is 315 g/mol. The molecule has 2 rings (SSSR count). The van der Waals surface area contributed by atoms with Gasteiger partial charge in [-0.25, -0.2) is 12.8 Å². The molecule has 1 fully saturated rings. The third-order valence-corrected chi connectivity index (χ3v) is 5.21. The molecule has 2 atom stereocenters. The first-order chi connectivity index (χ1) is 9.85. The Morgan fingerprint density at radius 3 is 2.90 bits per heavy atom. The second kappa shape index (κ2) is 6.43. The summed E-state index contributed by atoms with van der Waals surface area (Å²) in [4.78, 5) is 11.9. The van der Waals surface area contributed by atoms with E-state index in [1.807, 2.05) is 0 Å². The molecule has 116 valence electrons. The Balaban J connectivity index is 1.80. The van der Waals surface area contributed by atoms with Crippen LogP contribution in [0, 0.1) is 11.7 Å². The molecule has 1 aromatic rings. The molecule has 0 aliphatic carbocycles. The Morgan fingerprint density at radius 1 is 1.52 bits per heavy atom. The number of rotatable bonds is 5. The van der Waals surface area contributed by atoms with Crippen molar-refractivity contribution in [1.82, 2.24) is 5.32 Å². The molecule has 0 saturated carbocycles. The molecule has 1 aromatic carbocycles. The van der Waals surface area contributed by atoms with E-state index < -0.39 is 21.8 Å². The van der Waals surface area contributed by atoms with Crippen LogP contribution in [-0.2, 0) is 14.6 Å². The van der Waals surface area contributed by atoms with Crippen molar-refractivity contribution in [2.24, 2.45) is 5.92 Å². The summed E-state index contributed by atoms with van der Waals surface area (Å²) < 4.78 is 41.0. The number of carbonyl (C=O) groups excluding carboxylic acids is 1. The van der Waals surface area contributed by atoms with Crippen LogP contribution in [0.5, 0.6) is 5.75 Å². The van der Waals surface area contributed by atoms with Crippen LogP contribution in [0.2, 0.25) is 0 Å². The first kappa shape index (κ1) is 15.8. The molecule has 0 aromatic heterocycles. The lowest BCUT2D eigenvalue weighted by atomic mass is 10.1. The van der Waals surface area contributed by atoms with Crippen molar-refractivity contribution in [1.29, 1.82) is 0 Å². The van der Waals surface area contributed by atoms with Crippen molar-refractivity contribution in [3.05, 3.63) is 30.1 Å². The minimum absolute atomic E-state index is 0.0414. The normalized spacial score (nSPS) is 21.7. The predicted molar refractivity (Wildman–Crippen MR) is 76.3 cm³/mol. The van der Waals surface area contributed by atoms with Crippen LogP contribution in [0.25, 0.3) is 0 Å². The molecule has 1 amide bonds. The Morgan fingerprint density at radius 2 is 2.29 bits per heavy atom. The zero-order valence-electron chi connectivity index (χ0n) is 11.7. The number of hydrogen-bond acceptors (Lipinski definition) is 4. The molecule has 0 spiro atoms. The number of ether oxygens (including phenoxy) is 1. The van der Waals surface area contributed by atoms with Gasteiger partial charge >= 0.3 is 0 Å². The second-order valence-electron chi connectivity index (χ2n) is 5.23. The van der Waals surface area contributed by atoms with Crippen molar-refractivity contribution in [2.45, 2.75) is 19.4 Å². The zero-order valence-corrected chi connectivity index (χ0v) is 12.5. The molecule has 5 nitrogen and oxygen atoms in total. The van der Waals surface area contributed by atoms with Crippen molar-refractivity contribution in [3.63, 3.8) is 0 Å². The summed E-state index contributed by atoms with van der Waals surface area (Å²) in [5.74, 6) is -0.240. The minimum Gasteiger partial charge on any atom is -0.481 e. The lowest BCUT2D eigenvalue weighted by molar-refractivity contribution is -0.127. The number of hydrogen-bond donors (Lipinski definition) is 1. The fourth-order valence-corrected chi connectivity index (χ4v) is 4.08. The zero-order chi connectivity index (χ0) is 15.5. The number of benzene rings is 1. The number of halogens is 1. The molecule has 21 heavy (non-hydrogen) atoms. The van der Waals surface area contributed by atoms with E-state index in [0.717, 1.165) is 0 Å². The maximum Gasteiger partial charge on any atom is 0.260 e. The Hall–Kier alpha value is -1.63. The fourth-order valence-electron chi connectivity index (χ4n) is 2.22. The highest BCUT2D eigenvalue weighted by atomic mass is 32.2. The van der Waals surface area contributed by atoms with E-state index in [4.69, 9.17) is 4.74 Å². The summed E-state index contributed by atoms with van der Waals surface area (Å²) in [6.07, 6.45) is -0.202. The largest absolute Gasteiger partial charge is 0.481 e. The number of carbonyl (C=O) groups is 1. The van der Waals surface area contributed by atoms with Gasteiger partial charge in [0, 0.05) is 12.6 Å². The van der Waals surface area contributed by atoms with Gasteiger partial charge in [-0.15, -0.1) is 0 Å². The van der Waals surface area contributed by atoms with Gasteiger partial charge in [-0.1, -0.05) is 6.07 Å². The summed E-state index contributed by atoms with van der Waals surface area (Å²) in [7, 11) is -2.94. The van der Waals surface area contributed by atoms with E-state index in [1.54, 1.807) is 13.0 Å². The molecule has 0 bridgehead atoms. The average Bonchev–Trinajstić information content (AvgIpc) is 2.75. The first-order valence-corrected chi connectivity index (χ1v) is 8.58. The Labute approximate surface area is 123 Å².